The number of hydrogen-bond donors (Lipinski definition) is 2. The summed E-state index contributed by atoms with van der Waals surface area (Å²) in [5.74, 6) is 1.19. The first-order valence-corrected chi connectivity index (χ1v) is 6.34. The Hall–Kier alpha value is -1.20. The molecule has 2 N–H and O–H groups in total. The highest BCUT2D eigenvalue weighted by Gasteiger charge is 2.09. The molecular formula is C13H23N3O2. The molecule has 1 aromatic rings. The van der Waals surface area contributed by atoms with Gasteiger partial charge < -0.3 is 10.4 Å². The number of nitrogens with zero attached hydrogens (tertiary/aromatic N) is 2. The lowest BCUT2D eigenvalue weighted by molar-refractivity contribution is 0.148. The summed E-state index contributed by atoms with van der Waals surface area (Å²) in [5.41, 5.74) is 0.601. The third kappa shape index (κ3) is 4.58. The standard InChI is InChI=1S/C13H23N3O2/c1-9(2)6-14-7-12(17)8-16-11(4)15-10(3)5-13(16)18/h5,9,12,14,17H,6-8H2,1-4H3. The van der Waals surface area contributed by atoms with Crippen LogP contribution < -0.4 is 10.9 Å². The van der Waals surface area contributed by atoms with Crippen LogP contribution in [0.4, 0.5) is 0 Å². The number of aliphatic hydroxyl groups excluding tert-OH is 1. The van der Waals surface area contributed by atoms with Crippen LogP contribution in [0.5, 0.6) is 0 Å². The second-order valence-electron chi connectivity index (χ2n) is 5.10. The van der Waals surface area contributed by atoms with Crippen LogP contribution in [0.3, 0.4) is 0 Å². The Balaban J connectivity index is 2.59. The Morgan fingerprint density at radius 1 is 1.39 bits per heavy atom. The Bertz CT molecular complexity index is 440. The van der Waals surface area contributed by atoms with Crippen molar-refractivity contribution in [3.63, 3.8) is 0 Å². The zero-order chi connectivity index (χ0) is 13.7. The van der Waals surface area contributed by atoms with Gasteiger partial charge in [-0.3, -0.25) is 9.36 Å². The fraction of sp³-hybridized carbons (Fsp3) is 0.692. The SMILES string of the molecule is Cc1cc(=O)n(CC(O)CNCC(C)C)c(C)n1. The van der Waals surface area contributed by atoms with E-state index in [1.165, 1.54) is 10.6 Å². The summed E-state index contributed by atoms with van der Waals surface area (Å²) in [4.78, 5) is 16.0. The maximum Gasteiger partial charge on any atom is 0.253 e. The van der Waals surface area contributed by atoms with Crippen LogP contribution in [0.1, 0.15) is 25.4 Å². The van der Waals surface area contributed by atoms with Gasteiger partial charge in [0, 0.05) is 18.3 Å². The van der Waals surface area contributed by atoms with Crippen molar-refractivity contribution in [2.24, 2.45) is 5.92 Å². The van der Waals surface area contributed by atoms with Crippen molar-refractivity contribution in [2.45, 2.75) is 40.3 Å². The van der Waals surface area contributed by atoms with E-state index in [1.807, 2.05) is 0 Å². The van der Waals surface area contributed by atoms with Crippen LogP contribution in [0.15, 0.2) is 10.9 Å². The van der Waals surface area contributed by atoms with E-state index in [2.05, 4.69) is 24.1 Å². The first-order chi connectivity index (χ1) is 8.40. The molecule has 0 aliphatic heterocycles. The minimum atomic E-state index is -0.579. The molecule has 0 saturated carbocycles. The summed E-state index contributed by atoms with van der Waals surface area (Å²) < 4.78 is 1.51. The molecule has 0 amide bonds. The second-order valence-corrected chi connectivity index (χ2v) is 5.10. The number of nitrogens with one attached hydrogen (secondary N) is 1. The Morgan fingerprint density at radius 3 is 2.61 bits per heavy atom. The van der Waals surface area contributed by atoms with Crippen molar-refractivity contribution >= 4 is 0 Å². The summed E-state index contributed by atoms with van der Waals surface area (Å²) in [6, 6.07) is 1.49. The van der Waals surface area contributed by atoms with Gasteiger partial charge in [0.2, 0.25) is 0 Å². The van der Waals surface area contributed by atoms with E-state index in [0.29, 0.717) is 24.0 Å². The van der Waals surface area contributed by atoms with E-state index >= 15 is 0 Å². The third-order valence-corrected chi connectivity index (χ3v) is 2.65. The smallest absolute Gasteiger partial charge is 0.253 e. The molecule has 18 heavy (non-hydrogen) atoms. The van der Waals surface area contributed by atoms with Crippen LogP contribution in [0.2, 0.25) is 0 Å². The molecule has 1 rings (SSSR count). The third-order valence-electron chi connectivity index (χ3n) is 2.65. The summed E-state index contributed by atoms with van der Waals surface area (Å²) in [6.07, 6.45) is -0.579. The lowest BCUT2D eigenvalue weighted by Crippen LogP contribution is -2.36. The number of hydrogen-bond acceptors (Lipinski definition) is 4. The van der Waals surface area contributed by atoms with Crippen molar-refractivity contribution in [3.8, 4) is 0 Å². The molecule has 0 aliphatic rings. The maximum atomic E-state index is 11.8. The molecule has 0 bridgehead atoms. The predicted molar refractivity (Wildman–Crippen MR) is 71.7 cm³/mol. The van der Waals surface area contributed by atoms with E-state index in [0.717, 1.165) is 6.54 Å². The van der Waals surface area contributed by atoms with Gasteiger partial charge in [-0.2, -0.15) is 0 Å². The monoisotopic (exact) mass is 253 g/mol. The Labute approximate surface area is 108 Å². The van der Waals surface area contributed by atoms with E-state index in [9.17, 15) is 9.90 Å². The lowest BCUT2D eigenvalue weighted by Gasteiger charge is -2.16. The van der Waals surface area contributed by atoms with Crippen LogP contribution in [0, 0.1) is 19.8 Å². The lowest BCUT2D eigenvalue weighted by atomic mass is 10.2. The van der Waals surface area contributed by atoms with Gasteiger partial charge in [0.1, 0.15) is 5.82 Å². The minimum Gasteiger partial charge on any atom is -0.390 e. The molecule has 5 heteroatoms. The molecule has 1 heterocycles. The molecular weight excluding hydrogens is 230 g/mol. The first kappa shape index (κ1) is 14.9. The van der Waals surface area contributed by atoms with Crippen molar-refractivity contribution < 1.29 is 5.11 Å². The van der Waals surface area contributed by atoms with E-state index in [4.69, 9.17) is 0 Å². The summed E-state index contributed by atoms with van der Waals surface area (Å²) in [6.45, 7) is 9.41. The fourth-order valence-corrected chi connectivity index (χ4v) is 1.80. The van der Waals surface area contributed by atoms with Gasteiger partial charge in [0.25, 0.3) is 5.56 Å². The van der Waals surface area contributed by atoms with Crippen LogP contribution in [-0.2, 0) is 6.54 Å². The predicted octanol–water partition coefficient (Wildman–Crippen LogP) is 0.467. The highest BCUT2D eigenvalue weighted by atomic mass is 16.3. The van der Waals surface area contributed by atoms with E-state index in [-0.39, 0.29) is 12.1 Å². The number of aromatic nitrogens is 2. The van der Waals surface area contributed by atoms with Crippen LogP contribution >= 0.6 is 0 Å². The zero-order valence-corrected chi connectivity index (χ0v) is 11.6. The fourth-order valence-electron chi connectivity index (χ4n) is 1.80. The first-order valence-electron chi connectivity index (χ1n) is 6.34. The second kappa shape index (κ2) is 6.66. The van der Waals surface area contributed by atoms with Gasteiger partial charge in [0.15, 0.2) is 0 Å². The average molecular weight is 253 g/mol. The Kier molecular flexibility index (Phi) is 5.50. The topological polar surface area (TPSA) is 67.2 Å². The number of aryl methyl sites for hydroxylation is 2. The quantitative estimate of drug-likeness (QED) is 0.773. The van der Waals surface area contributed by atoms with Crippen molar-refractivity contribution in [2.75, 3.05) is 13.1 Å². The van der Waals surface area contributed by atoms with Gasteiger partial charge in [-0.1, -0.05) is 13.8 Å². The average Bonchev–Trinajstić information content (AvgIpc) is 2.22. The molecule has 1 aromatic heterocycles. The maximum absolute atomic E-state index is 11.8. The minimum absolute atomic E-state index is 0.108. The zero-order valence-electron chi connectivity index (χ0n) is 11.6. The van der Waals surface area contributed by atoms with Crippen molar-refractivity contribution in [3.05, 3.63) is 27.9 Å². The van der Waals surface area contributed by atoms with Crippen LogP contribution in [-0.4, -0.2) is 33.9 Å². The summed E-state index contributed by atoms with van der Waals surface area (Å²) >= 11 is 0. The molecule has 0 aromatic carbocycles. The largest absolute Gasteiger partial charge is 0.390 e. The van der Waals surface area contributed by atoms with E-state index < -0.39 is 6.10 Å². The highest BCUT2D eigenvalue weighted by Crippen LogP contribution is 1.96. The van der Waals surface area contributed by atoms with Crippen molar-refractivity contribution in [1.82, 2.24) is 14.9 Å². The van der Waals surface area contributed by atoms with Gasteiger partial charge in [-0.25, -0.2) is 4.98 Å². The van der Waals surface area contributed by atoms with Gasteiger partial charge in [-0.15, -0.1) is 0 Å². The summed E-state index contributed by atoms with van der Waals surface area (Å²) in [7, 11) is 0. The van der Waals surface area contributed by atoms with Gasteiger partial charge in [0.05, 0.1) is 12.6 Å². The molecule has 1 atom stereocenters. The molecule has 102 valence electrons. The van der Waals surface area contributed by atoms with E-state index in [1.54, 1.807) is 13.8 Å². The van der Waals surface area contributed by atoms with Gasteiger partial charge >= 0.3 is 0 Å². The van der Waals surface area contributed by atoms with Gasteiger partial charge in [-0.05, 0) is 26.3 Å². The van der Waals surface area contributed by atoms with Crippen molar-refractivity contribution in [1.29, 1.82) is 0 Å². The molecule has 0 fully saturated rings. The Morgan fingerprint density at radius 2 is 2.06 bits per heavy atom. The molecule has 0 aliphatic carbocycles. The number of aliphatic hydroxyl groups is 1. The molecule has 0 radical (unpaired) electrons. The molecule has 1 unspecified atom stereocenters. The molecule has 5 nitrogen and oxygen atoms in total. The normalized spacial score (nSPS) is 13.0. The van der Waals surface area contributed by atoms with Crippen LogP contribution in [0.25, 0.3) is 0 Å². The number of rotatable bonds is 6. The highest BCUT2D eigenvalue weighted by molar-refractivity contribution is 5.01. The summed E-state index contributed by atoms with van der Waals surface area (Å²) in [5, 5.41) is 13.1. The molecule has 0 saturated heterocycles. The molecule has 0 spiro atoms.